The summed E-state index contributed by atoms with van der Waals surface area (Å²) in [7, 11) is 0. The van der Waals surface area contributed by atoms with Gasteiger partial charge in [-0.2, -0.15) is 18.4 Å². The number of nitrogens with two attached hydrogens (primary N) is 1. The lowest BCUT2D eigenvalue weighted by Gasteiger charge is -2.13. The number of carbonyl (C=O) groups excluding carboxylic acids is 1. The molecule has 0 fully saturated rings. The van der Waals surface area contributed by atoms with E-state index in [4.69, 9.17) is 5.73 Å². The molecule has 0 aliphatic heterocycles. The molecule has 0 unspecified atom stereocenters. The SMILES string of the molecule is N#Cc1cc(NC(=O)Cc2cccc(C(F)(F)F)c2F)cc(F)c1/C(C=NCc1ncc[nH]1)=C/N. The smallest absolute Gasteiger partial charge is 0.404 e. The van der Waals surface area contributed by atoms with Gasteiger partial charge in [0.25, 0.3) is 0 Å². The van der Waals surface area contributed by atoms with E-state index in [0.29, 0.717) is 11.9 Å². The van der Waals surface area contributed by atoms with Gasteiger partial charge in [-0.15, -0.1) is 0 Å². The second-order valence-electron chi connectivity index (χ2n) is 7.12. The molecular formula is C23H17F5N6O. The van der Waals surface area contributed by atoms with Gasteiger partial charge in [-0.05, 0) is 23.8 Å². The molecule has 1 amide bonds. The number of nitriles is 1. The average Bonchev–Trinajstić information content (AvgIpc) is 3.31. The number of rotatable bonds is 7. The third-order valence-electron chi connectivity index (χ3n) is 4.72. The summed E-state index contributed by atoms with van der Waals surface area (Å²) in [6.45, 7) is 0.147. The quantitative estimate of drug-likeness (QED) is 0.339. The number of allylic oxidation sites excluding steroid dienone is 1. The summed E-state index contributed by atoms with van der Waals surface area (Å²) in [5, 5.41) is 11.7. The van der Waals surface area contributed by atoms with E-state index in [0.717, 1.165) is 30.5 Å². The van der Waals surface area contributed by atoms with Crippen LogP contribution in [-0.4, -0.2) is 22.1 Å². The van der Waals surface area contributed by atoms with Crippen molar-refractivity contribution in [2.45, 2.75) is 19.1 Å². The number of H-pyrrole nitrogens is 1. The van der Waals surface area contributed by atoms with Crippen molar-refractivity contribution in [2.75, 3.05) is 5.32 Å². The zero-order valence-corrected chi connectivity index (χ0v) is 17.8. The highest BCUT2D eigenvalue weighted by molar-refractivity contribution is 6.10. The summed E-state index contributed by atoms with van der Waals surface area (Å²) in [4.78, 5) is 23.2. The first-order valence-electron chi connectivity index (χ1n) is 9.92. The van der Waals surface area contributed by atoms with Gasteiger partial charge in [0.2, 0.25) is 5.91 Å². The van der Waals surface area contributed by atoms with Gasteiger partial charge in [-0.25, -0.2) is 13.8 Å². The van der Waals surface area contributed by atoms with E-state index in [2.05, 4.69) is 20.3 Å². The molecule has 0 saturated heterocycles. The predicted molar refractivity (Wildman–Crippen MR) is 118 cm³/mol. The largest absolute Gasteiger partial charge is 0.419 e. The minimum atomic E-state index is -4.92. The van der Waals surface area contributed by atoms with Crippen LogP contribution in [0.25, 0.3) is 5.57 Å². The van der Waals surface area contributed by atoms with E-state index >= 15 is 0 Å². The Hall–Kier alpha value is -4.53. The Bertz CT molecular complexity index is 1320. The van der Waals surface area contributed by atoms with E-state index in [1.54, 1.807) is 12.3 Å². The third kappa shape index (κ3) is 6.08. The van der Waals surface area contributed by atoms with Gasteiger partial charge < -0.3 is 16.0 Å². The normalized spacial score (nSPS) is 12.1. The number of halogens is 5. The molecule has 0 saturated carbocycles. The zero-order chi connectivity index (χ0) is 25.6. The lowest BCUT2D eigenvalue weighted by molar-refractivity contribution is -0.140. The lowest BCUT2D eigenvalue weighted by atomic mass is 10.00. The first-order valence-corrected chi connectivity index (χ1v) is 9.92. The fourth-order valence-electron chi connectivity index (χ4n) is 3.18. The van der Waals surface area contributed by atoms with Crippen LogP contribution in [0, 0.1) is 23.0 Å². The van der Waals surface area contributed by atoms with Crippen LogP contribution in [0.2, 0.25) is 0 Å². The first kappa shape index (κ1) is 25.1. The van der Waals surface area contributed by atoms with Crippen molar-refractivity contribution in [3.8, 4) is 6.07 Å². The number of amides is 1. The van der Waals surface area contributed by atoms with Gasteiger partial charge in [-0.1, -0.05) is 12.1 Å². The van der Waals surface area contributed by atoms with Crippen LogP contribution in [-0.2, 0) is 23.9 Å². The maximum atomic E-state index is 14.9. The van der Waals surface area contributed by atoms with Crippen molar-refractivity contribution < 1.29 is 26.7 Å². The van der Waals surface area contributed by atoms with E-state index in [1.807, 2.05) is 0 Å². The van der Waals surface area contributed by atoms with Gasteiger partial charge in [0.15, 0.2) is 0 Å². The Kier molecular flexibility index (Phi) is 7.60. The number of imidazole rings is 1. The molecule has 1 aromatic heterocycles. The summed E-state index contributed by atoms with van der Waals surface area (Å²) in [5.41, 5.74) is 3.18. The molecule has 4 N–H and O–H groups in total. The third-order valence-corrected chi connectivity index (χ3v) is 4.72. The number of alkyl halides is 3. The number of aromatic nitrogens is 2. The van der Waals surface area contributed by atoms with Crippen molar-refractivity contribution in [1.82, 2.24) is 9.97 Å². The molecule has 180 valence electrons. The number of carbonyl (C=O) groups is 1. The summed E-state index contributed by atoms with van der Waals surface area (Å²) >= 11 is 0. The summed E-state index contributed by atoms with van der Waals surface area (Å²) < 4.78 is 67.7. The minimum Gasteiger partial charge on any atom is -0.404 e. The first-order chi connectivity index (χ1) is 16.6. The van der Waals surface area contributed by atoms with E-state index in [-0.39, 0.29) is 28.9 Å². The minimum absolute atomic E-state index is 0.0921. The highest BCUT2D eigenvalue weighted by Gasteiger charge is 2.35. The molecule has 7 nitrogen and oxygen atoms in total. The molecule has 2 aromatic carbocycles. The number of aliphatic imine (C=N–C) groups is 1. The number of nitrogens with zero attached hydrogens (tertiary/aromatic N) is 3. The fraction of sp³-hybridized carbons (Fsp3) is 0.130. The maximum Gasteiger partial charge on any atom is 0.419 e. The van der Waals surface area contributed by atoms with Crippen molar-refractivity contribution in [3.05, 3.63) is 88.6 Å². The van der Waals surface area contributed by atoms with Crippen LogP contribution >= 0.6 is 0 Å². The van der Waals surface area contributed by atoms with Gasteiger partial charge in [-0.3, -0.25) is 9.79 Å². The lowest BCUT2D eigenvalue weighted by Crippen LogP contribution is -2.17. The van der Waals surface area contributed by atoms with Crippen molar-refractivity contribution in [2.24, 2.45) is 10.7 Å². The summed E-state index contributed by atoms with van der Waals surface area (Å²) in [5.74, 6) is -2.84. The number of nitrogens with one attached hydrogen (secondary N) is 2. The van der Waals surface area contributed by atoms with Crippen LogP contribution in [0.1, 0.15) is 28.1 Å². The van der Waals surface area contributed by atoms with E-state index < -0.39 is 41.3 Å². The van der Waals surface area contributed by atoms with Crippen molar-refractivity contribution in [3.63, 3.8) is 0 Å². The molecule has 1 heterocycles. The summed E-state index contributed by atoms with van der Waals surface area (Å²) in [6.07, 6.45) is -0.212. The molecule has 0 aliphatic rings. The van der Waals surface area contributed by atoms with Gasteiger partial charge in [0.05, 0.1) is 30.2 Å². The maximum absolute atomic E-state index is 14.9. The number of aromatic amines is 1. The Morgan fingerprint density at radius 1 is 1.29 bits per heavy atom. The molecule has 3 rings (SSSR count). The molecule has 35 heavy (non-hydrogen) atoms. The van der Waals surface area contributed by atoms with Crippen molar-refractivity contribution >= 4 is 23.4 Å². The number of benzene rings is 2. The monoisotopic (exact) mass is 488 g/mol. The molecule has 0 spiro atoms. The standard InChI is InChI=1S/C23H17F5N6O/c24-18-8-16(34-20(35)7-13-2-1-3-17(22(13)25)23(26,27)28)6-14(9-29)21(18)15(10-30)11-31-12-19-32-4-5-33-19/h1-6,8,10-11H,7,12,30H2,(H,32,33)(H,34,35)/b15-10+,31-11?. The zero-order valence-electron chi connectivity index (χ0n) is 17.8. The Morgan fingerprint density at radius 2 is 2.06 bits per heavy atom. The molecule has 12 heteroatoms. The molecule has 3 aromatic rings. The van der Waals surface area contributed by atoms with Crippen molar-refractivity contribution in [1.29, 1.82) is 5.26 Å². The molecule has 0 aliphatic carbocycles. The van der Waals surface area contributed by atoms with Crippen LogP contribution in [0.3, 0.4) is 0 Å². The van der Waals surface area contributed by atoms with E-state index in [1.165, 1.54) is 12.4 Å². The highest BCUT2D eigenvalue weighted by Crippen LogP contribution is 2.32. The molecular weight excluding hydrogens is 471 g/mol. The predicted octanol–water partition coefficient (Wildman–Crippen LogP) is 4.33. The van der Waals surface area contributed by atoms with Gasteiger partial charge in [0.1, 0.15) is 17.5 Å². The number of hydrogen-bond donors (Lipinski definition) is 3. The molecule has 0 bridgehead atoms. The topological polar surface area (TPSA) is 120 Å². The Balaban J connectivity index is 1.80. The fourth-order valence-corrected chi connectivity index (χ4v) is 3.18. The van der Waals surface area contributed by atoms with Gasteiger partial charge >= 0.3 is 6.18 Å². The second-order valence-corrected chi connectivity index (χ2v) is 7.12. The average molecular weight is 488 g/mol. The number of anilines is 1. The number of hydrogen-bond acceptors (Lipinski definition) is 5. The second kappa shape index (κ2) is 10.6. The highest BCUT2D eigenvalue weighted by atomic mass is 19.4. The Morgan fingerprint density at radius 3 is 2.69 bits per heavy atom. The molecule has 0 atom stereocenters. The van der Waals surface area contributed by atoms with E-state index in [9.17, 15) is 32.0 Å². The molecule has 0 radical (unpaired) electrons. The Labute approximate surface area is 195 Å². The van der Waals surface area contributed by atoms with Crippen LogP contribution < -0.4 is 11.1 Å². The van der Waals surface area contributed by atoms with Crippen LogP contribution in [0.4, 0.5) is 27.6 Å². The van der Waals surface area contributed by atoms with Crippen LogP contribution in [0.15, 0.2) is 53.9 Å². The van der Waals surface area contributed by atoms with Crippen LogP contribution in [0.5, 0.6) is 0 Å². The summed E-state index contributed by atoms with van der Waals surface area (Å²) in [6, 6.07) is 6.43. The van der Waals surface area contributed by atoms with Gasteiger partial charge in [0, 0.05) is 41.6 Å².